The van der Waals surface area contributed by atoms with Gasteiger partial charge >= 0.3 is 0 Å². The van der Waals surface area contributed by atoms with E-state index in [1.807, 2.05) is 97.1 Å². The molecule has 5 heteroatoms. The minimum absolute atomic E-state index is 0.658. The van der Waals surface area contributed by atoms with Gasteiger partial charge in [-0.1, -0.05) is 133 Å². The predicted octanol–water partition coefficient (Wildman–Crippen LogP) is 7.66. The van der Waals surface area contributed by atoms with E-state index < -0.39 is 29.7 Å². The van der Waals surface area contributed by atoms with Gasteiger partial charge in [-0.05, 0) is 34.4 Å². The summed E-state index contributed by atoms with van der Waals surface area (Å²) in [4.78, 5) is 0. The van der Waals surface area contributed by atoms with Crippen LogP contribution < -0.4 is 4.74 Å². The molecule has 5 aromatic carbocycles. The number of ether oxygens (including phenoxy) is 5. The van der Waals surface area contributed by atoms with Gasteiger partial charge in [0.1, 0.15) is 29.2 Å². The molecule has 0 unspecified atom stereocenters. The maximum absolute atomic E-state index is 7.08. The van der Waals surface area contributed by atoms with Gasteiger partial charge in [0.15, 0.2) is 6.29 Å². The van der Waals surface area contributed by atoms with E-state index in [4.69, 9.17) is 23.7 Å². The Kier molecular flexibility index (Phi) is 8.41. The first kappa shape index (κ1) is 28.8. The van der Waals surface area contributed by atoms with Crippen molar-refractivity contribution in [2.24, 2.45) is 0 Å². The highest BCUT2D eigenvalue weighted by atomic mass is 16.7. The number of hydrogen-bond donors (Lipinski definition) is 0. The van der Waals surface area contributed by atoms with E-state index in [1.165, 1.54) is 0 Å². The second-order valence-corrected chi connectivity index (χ2v) is 10.6. The lowest BCUT2D eigenvalue weighted by Gasteiger charge is -2.46. The average Bonchev–Trinajstić information content (AvgIpc) is 3.54. The standard InChI is InChI=1S/C38H36O5/c1-39-33-26-24-28(25-27-33)36-42-34(37(40-2,29-16-8-4-9-17-29)30-18-10-5-11-19-30)35(43-36)38(41-3,31-20-12-6-13-21-31)32-22-14-7-15-23-32/h4-27,34-36H,1-3H3/t34-,35-/m1/s1. The molecule has 6 rings (SSSR count). The van der Waals surface area contributed by atoms with Crippen molar-refractivity contribution < 1.29 is 23.7 Å². The van der Waals surface area contributed by atoms with Gasteiger partial charge in [-0.15, -0.1) is 0 Å². The lowest BCUT2D eigenvalue weighted by molar-refractivity contribution is -0.136. The van der Waals surface area contributed by atoms with Gasteiger partial charge in [-0.25, -0.2) is 0 Å². The molecule has 0 spiro atoms. The quantitative estimate of drug-likeness (QED) is 0.172. The summed E-state index contributed by atoms with van der Waals surface area (Å²) in [7, 11) is 5.13. The summed E-state index contributed by atoms with van der Waals surface area (Å²) in [6, 6.07) is 48.6. The fourth-order valence-electron chi connectivity index (χ4n) is 6.41. The molecule has 0 amide bonds. The van der Waals surface area contributed by atoms with Gasteiger partial charge in [-0.2, -0.15) is 0 Å². The predicted molar refractivity (Wildman–Crippen MR) is 167 cm³/mol. The lowest BCUT2D eigenvalue weighted by atomic mass is 9.71. The largest absolute Gasteiger partial charge is 0.497 e. The van der Waals surface area contributed by atoms with Crippen LogP contribution in [0.3, 0.4) is 0 Å². The van der Waals surface area contributed by atoms with Crippen LogP contribution >= 0.6 is 0 Å². The fourth-order valence-corrected chi connectivity index (χ4v) is 6.41. The zero-order valence-corrected chi connectivity index (χ0v) is 24.6. The number of hydrogen-bond acceptors (Lipinski definition) is 5. The maximum atomic E-state index is 7.08. The number of rotatable bonds is 10. The third-order valence-electron chi connectivity index (χ3n) is 8.46. The SMILES string of the molecule is COc1ccc(C2O[C@@H](C(OC)(c3ccccc3)c3ccccc3)[C@H](C(OC)(c3ccccc3)c3ccccc3)O2)cc1. The molecule has 0 aromatic heterocycles. The minimum atomic E-state index is -1.05. The van der Waals surface area contributed by atoms with Crippen LogP contribution in [-0.4, -0.2) is 33.5 Å². The first-order chi connectivity index (χ1) is 21.2. The molecule has 0 radical (unpaired) electrons. The van der Waals surface area contributed by atoms with Gasteiger partial charge in [0.25, 0.3) is 0 Å². The Labute approximate surface area is 253 Å². The second-order valence-electron chi connectivity index (χ2n) is 10.6. The number of methoxy groups -OCH3 is 3. The first-order valence-corrected chi connectivity index (χ1v) is 14.4. The highest BCUT2D eigenvalue weighted by Crippen LogP contribution is 2.53. The molecule has 1 aliphatic rings. The summed E-state index contributed by atoms with van der Waals surface area (Å²) < 4.78 is 32.9. The van der Waals surface area contributed by atoms with Crippen LogP contribution in [0.25, 0.3) is 0 Å². The molecule has 43 heavy (non-hydrogen) atoms. The third-order valence-corrected chi connectivity index (χ3v) is 8.46. The summed E-state index contributed by atoms with van der Waals surface area (Å²) in [5, 5.41) is 0. The van der Waals surface area contributed by atoms with Crippen molar-refractivity contribution in [3.8, 4) is 5.75 Å². The normalized spacial score (nSPS) is 17.6. The van der Waals surface area contributed by atoms with Crippen molar-refractivity contribution >= 4 is 0 Å². The van der Waals surface area contributed by atoms with E-state index in [1.54, 1.807) is 21.3 Å². The Hall–Kier alpha value is -4.26. The first-order valence-electron chi connectivity index (χ1n) is 14.4. The summed E-state index contributed by atoms with van der Waals surface area (Å²) in [5.41, 5.74) is 2.55. The summed E-state index contributed by atoms with van der Waals surface area (Å²) in [5.74, 6) is 0.759. The Morgan fingerprint density at radius 1 is 0.442 bits per heavy atom. The van der Waals surface area contributed by atoms with Gasteiger partial charge < -0.3 is 23.7 Å². The Morgan fingerprint density at radius 2 is 0.767 bits per heavy atom. The zero-order valence-electron chi connectivity index (χ0n) is 24.6. The summed E-state index contributed by atoms with van der Waals surface area (Å²) in [6.07, 6.45) is -2.02. The van der Waals surface area contributed by atoms with Gasteiger partial charge in [0, 0.05) is 19.8 Å². The van der Waals surface area contributed by atoms with Crippen LogP contribution in [0.4, 0.5) is 0 Å². The molecule has 0 bridgehead atoms. The second kappa shape index (κ2) is 12.5. The van der Waals surface area contributed by atoms with E-state index in [9.17, 15) is 0 Å². The molecule has 2 atom stereocenters. The van der Waals surface area contributed by atoms with Crippen molar-refractivity contribution in [2.45, 2.75) is 29.7 Å². The lowest BCUT2D eigenvalue weighted by Crippen LogP contribution is -2.56. The Bertz CT molecular complexity index is 1400. The topological polar surface area (TPSA) is 46.2 Å². The summed E-state index contributed by atoms with van der Waals surface area (Å²) in [6.45, 7) is 0. The Balaban J connectivity index is 1.62. The van der Waals surface area contributed by atoms with Crippen molar-refractivity contribution in [1.82, 2.24) is 0 Å². The van der Waals surface area contributed by atoms with Crippen LogP contribution in [-0.2, 0) is 30.1 Å². The average molecular weight is 573 g/mol. The molecule has 1 aliphatic heterocycles. The molecular formula is C38H36O5. The van der Waals surface area contributed by atoms with Crippen molar-refractivity contribution in [2.75, 3.05) is 21.3 Å². The minimum Gasteiger partial charge on any atom is -0.497 e. The highest BCUT2D eigenvalue weighted by molar-refractivity contribution is 5.44. The molecule has 0 N–H and O–H groups in total. The zero-order chi connectivity index (χ0) is 29.7. The van der Waals surface area contributed by atoms with Crippen LogP contribution in [0.1, 0.15) is 34.1 Å². The van der Waals surface area contributed by atoms with Crippen molar-refractivity contribution in [1.29, 1.82) is 0 Å². The fraction of sp³-hybridized carbons (Fsp3) is 0.211. The third kappa shape index (κ3) is 5.05. The molecule has 0 aliphatic carbocycles. The van der Waals surface area contributed by atoms with Gasteiger partial charge in [-0.3, -0.25) is 0 Å². The molecule has 1 heterocycles. The van der Waals surface area contributed by atoms with Crippen LogP contribution in [0.2, 0.25) is 0 Å². The van der Waals surface area contributed by atoms with Crippen molar-refractivity contribution in [3.05, 3.63) is 173 Å². The molecule has 218 valence electrons. The van der Waals surface area contributed by atoms with Crippen LogP contribution in [0, 0.1) is 0 Å². The molecule has 1 saturated heterocycles. The molecule has 0 saturated carbocycles. The smallest absolute Gasteiger partial charge is 0.185 e. The van der Waals surface area contributed by atoms with E-state index in [0.717, 1.165) is 33.6 Å². The van der Waals surface area contributed by atoms with E-state index >= 15 is 0 Å². The summed E-state index contributed by atoms with van der Waals surface area (Å²) >= 11 is 0. The monoisotopic (exact) mass is 572 g/mol. The molecule has 5 nitrogen and oxygen atoms in total. The molecule has 5 aromatic rings. The van der Waals surface area contributed by atoms with Crippen LogP contribution in [0.15, 0.2) is 146 Å². The number of benzene rings is 5. The van der Waals surface area contributed by atoms with E-state index in [2.05, 4.69) is 48.5 Å². The maximum Gasteiger partial charge on any atom is 0.185 e. The van der Waals surface area contributed by atoms with Gasteiger partial charge in [0.05, 0.1) is 7.11 Å². The van der Waals surface area contributed by atoms with Crippen molar-refractivity contribution in [3.63, 3.8) is 0 Å². The molecule has 1 fully saturated rings. The highest BCUT2D eigenvalue weighted by Gasteiger charge is 2.61. The van der Waals surface area contributed by atoms with Gasteiger partial charge in [0.2, 0.25) is 0 Å². The van der Waals surface area contributed by atoms with E-state index in [-0.39, 0.29) is 0 Å². The molecular weight excluding hydrogens is 536 g/mol. The van der Waals surface area contributed by atoms with Crippen LogP contribution in [0.5, 0.6) is 5.75 Å². The Morgan fingerprint density at radius 3 is 1.05 bits per heavy atom. The van der Waals surface area contributed by atoms with E-state index in [0.29, 0.717) is 0 Å².